The molecule has 2 aromatic heterocycles. The maximum atomic E-state index is 13.0. The summed E-state index contributed by atoms with van der Waals surface area (Å²) in [4.78, 5) is 25.4. The molecule has 1 fully saturated rings. The van der Waals surface area contributed by atoms with Gasteiger partial charge >= 0.3 is 0 Å². The number of aliphatic hydroxyl groups is 1. The summed E-state index contributed by atoms with van der Waals surface area (Å²) in [6.45, 7) is 4.63. The molecule has 3 aromatic rings. The Morgan fingerprint density at radius 3 is 2.76 bits per heavy atom. The number of thiophene rings is 1. The number of H-pyrrole nitrogens is 1. The van der Waals surface area contributed by atoms with E-state index in [0.29, 0.717) is 60.4 Å². The van der Waals surface area contributed by atoms with Crippen molar-refractivity contribution in [3.63, 3.8) is 0 Å². The van der Waals surface area contributed by atoms with Crippen LogP contribution in [0.15, 0.2) is 28.4 Å². The van der Waals surface area contributed by atoms with Crippen LogP contribution in [0.25, 0.3) is 21.3 Å². The van der Waals surface area contributed by atoms with E-state index in [1.165, 1.54) is 11.3 Å². The number of methoxy groups -OCH3 is 2. The minimum Gasteiger partial charge on any atom is -0.493 e. The number of hydrogen-bond donors (Lipinski definition) is 2. The third-order valence-electron chi connectivity index (χ3n) is 5.70. The Balaban J connectivity index is 1.48. The Morgan fingerprint density at radius 2 is 2.03 bits per heavy atom. The quantitative estimate of drug-likeness (QED) is 0.484. The number of morpholine rings is 1. The molecule has 0 bridgehead atoms. The number of nitrogens with zero attached hydrogens (tertiary/aromatic N) is 3. The summed E-state index contributed by atoms with van der Waals surface area (Å²) in [5.41, 5.74) is 1.50. The van der Waals surface area contributed by atoms with Crippen molar-refractivity contribution in [2.75, 3.05) is 60.7 Å². The second kappa shape index (κ2) is 10.6. The highest BCUT2D eigenvalue weighted by atomic mass is 32.1. The molecule has 1 aromatic carbocycles. The van der Waals surface area contributed by atoms with Crippen LogP contribution >= 0.6 is 11.3 Å². The number of fused-ring (bicyclic) bond motifs is 1. The lowest BCUT2D eigenvalue weighted by atomic mass is 10.1. The largest absolute Gasteiger partial charge is 0.493 e. The molecule has 0 amide bonds. The molecule has 1 atom stereocenters. The van der Waals surface area contributed by atoms with Gasteiger partial charge < -0.3 is 24.3 Å². The van der Waals surface area contributed by atoms with Crippen LogP contribution in [0.4, 0.5) is 0 Å². The predicted molar refractivity (Wildman–Crippen MR) is 128 cm³/mol. The average Bonchev–Trinajstić information content (AvgIpc) is 3.23. The van der Waals surface area contributed by atoms with E-state index in [9.17, 15) is 9.90 Å². The van der Waals surface area contributed by atoms with E-state index in [1.807, 2.05) is 35.5 Å². The van der Waals surface area contributed by atoms with Gasteiger partial charge in [-0.25, -0.2) is 4.98 Å². The number of aromatic amines is 1. The second-order valence-electron chi connectivity index (χ2n) is 8.18. The van der Waals surface area contributed by atoms with Crippen molar-refractivity contribution in [2.45, 2.75) is 12.6 Å². The molecule has 1 aliphatic heterocycles. The maximum absolute atomic E-state index is 13.0. The van der Waals surface area contributed by atoms with Gasteiger partial charge in [0.15, 0.2) is 11.5 Å². The first-order chi connectivity index (χ1) is 16.0. The number of ether oxygens (including phenoxy) is 3. The first-order valence-corrected chi connectivity index (χ1v) is 11.8. The van der Waals surface area contributed by atoms with Crippen LogP contribution in [-0.4, -0.2) is 91.6 Å². The van der Waals surface area contributed by atoms with Crippen LogP contribution in [0.5, 0.6) is 11.5 Å². The zero-order valence-electron chi connectivity index (χ0n) is 19.2. The van der Waals surface area contributed by atoms with E-state index in [2.05, 4.69) is 14.9 Å². The van der Waals surface area contributed by atoms with Gasteiger partial charge in [0.1, 0.15) is 10.7 Å². The van der Waals surface area contributed by atoms with Crippen molar-refractivity contribution in [3.05, 3.63) is 39.8 Å². The second-order valence-corrected chi connectivity index (χ2v) is 9.03. The van der Waals surface area contributed by atoms with Crippen LogP contribution in [0.1, 0.15) is 5.82 Å². The Kier molecular flexibility index (Phi) is 7.61. The van der Waals surface area contributed by atoms with E-state index in [-0.39, 0.29) is 5.56 Å². The molecule has 1 unspecified atom stereocenters. The van der Waals surface area contributed by atoms with Crippen LogP contribution < -0.4 is 15.0 Å². The van der Waals surface area contributed by atoms with Crippen LogP contribution in [-0.2, 0) is 11.3 Å². The van der Waals surface area contributed by atoms with Gasteiger partial charge in [0.25, 0.3) is 5.56 Å². The summed E-state index contributed by atoms with van der Waals surface area (Å²) >= 11 is 1.44. The Bertz CT molecular complexity index is 1140. The van der Waals surface area contributed by atoms with Gasteiger partial charge in [0, 0.05) is 37.1 Å². The molecule has 1 aliphatic rings. The van der Waals surface area contributed by atoms with Gasteiger partial charge in [-0.2, -0.15) is 0 Å². The third-order valence-corrected chi connectivity index (χ3v) is 6.57. The van der Waals surface area contributed by atoms with Crippen molar-refractivity contribution in [3.8, 4) is 22.6 Å². The van der Waals surface area contributed by atoms with Gasteiger partial charge in [-0.05, 0) is 24.7 Å². The highest BCUT2D eigenvalue weighted by Crippen LogP contribution is 2.36. The number of rotatable bonds is 9. The Labute approximate surface area is 196 Å². The topological polar surface area (TPSA) is 100 Å². The van der Waals surface area contributed by atoms with Crippen molar-refractivity contribution in [2.24, 2.45) is 0 Å². The summed E-state index contributed by atoms with van der Waals surface area (Å²) in [5, 5.41) is 13.0. The van der Waals surface area contributed by atoms with E-state index in [1.54, 1.807) is 14.2 Å². The fourth-order valence-electron chi connectivity index (χ4n) is 4.10. The lowest BCUT2D eigenvalue weighted by molar-refractivity contribution is 0.00812. The molecule has 3 heterocycles. The van der Waals surface area contributed by atoms with Gasteiger partial charge in [0.05, 0.1) is 45.5 Å². The molecule has 10 heteroatoms. The number of β-amino-alcohol motifs (C(OH)–C–C–N with tert-alkyl or cyclic N) is 1. The van der Waals surface area contributed by atoms with Crippen molar-refractivity contribution in [1.29, 1.82) is 0 Å². The minimum atomic E-state index is -0.484. The smallest absolute Gasteiger partial charge is 0.260 e. The van der Waals surface area contributed by atoms with E-state index in [0.717, 1.165) is 24.2 Å². The molecule has 178 valence electrons. The highest BCUT2D eigenvalue weighted by molar-refractivity contribution is 7.17. The summed E-state index contributed by atoms with van der Waals surface area (Å²) in [6.07, 6.45) is -0.484. The molecule has 0 saturated carbocycles. The monoisotopic (exact) mass is 474 g/mol. The average molecular weight is 475 g/mol. The van der Waals surface area contributed by atoms with Crippen molar-refractivity contribution in [1.82, 2.24) is 19.8 Å². The predicted octanol–water partition coefficient (Wildman–Crippen LogP) is 1.79. The molecule has 0 aliphatic carbocycles. The standard InChI is InChI=1S/C23H30N4O5S/c1-26(11-16(28)12-27-6-8-32-9-7-27)13-20-24-22(29)21-17(14-33-23(21)25-20)15-4-5-18(30-2)19(10-15)31-3/h4-5,10,14,16,28H,6-9,11-13H2,1-3H3,(H,24,25,29). The third kappa shape index (κ3) is 5.53. The zero-order valence-corrected chi connectivity index (χ0v) is 20.0. The number of likely N-dealkylation sites (N-methyl/N-ethyl adjacent to an activating group) is 1. The van der Waals surface area contributed by atoms with Gasteiger partial charge in [-0.1, -0.05) is 6.07 Å². The lowest BCUT2D eigenvalue weighted by Gasteiger charge is -2.29. The highest BCUT2D eigenvalue weighted by Gasteiger charge is 2.18. The number of benzene rings is 1. The van der Waals surface area contributed by atoms with Crippen molar-refractivity contribution < 1.29 is 19.3 Å². The van der Waals surface area contributed by atoms with E-state index in [4.69, 9.17) is 14.2 Å². The Morgan fingerprint density at radius 1 is 1.27 bits per heavy atom. The SMILES string of the molecule is COc1ccc(-c2csc3nc(CN(C)CC(O)CN4CCOCC4)[nH]c(=O)c23)cc1OC. The van der Waals surface area contributed by atoms with Crippen LogP contribution in [0.3, 0.4) is 0 Å². The fourth-order valence-corrected chi connectivity index (χ4v) is 5.07. The molecule has 2 N–H and O–H groups in total. The molecule has 0 spiro atoms. The van der Waals surface area contributed by atoms with Crippen LogP contribution in [0, 0.1) is 0 Å². The molecule has 33 heavy (non-hydrogen) atoms. The zero-order chi connectivity index (χ0) is 23.4. The lowest BCUT2D eigenvalue weighted by Crippen LogP contribution is -2.44. The summed E-state index contributed by atoms with van der Waals surface area (Å²) < 4.78 is 16.1. The number of hydrogen-bond acceptors (Lipinski definition) is 9. The number of aliphatic hydroxyl groups excluding tert-OH is 1. The van der Waals surface area contributed by atoms with E-state index < -0.39 is 6.10 Å². The van der Waals surface area contributed by atoms with Crippen LogP contribution in [0.2, 0.25) is 0 Å². The summed E-state index contributed by atoms with van der Waals surface area (Å²) in [6, 6.07) is 5.59. The normalized spacial score (nSPS) is 15.8. The minimum absolute atomic E-state index is 0.177. The molecule has 0 radical (unpaired) electrons. The van der Waals surface area contributed by atoms with Gasteiger partial charge in [-0.15, -0.1) is 11.3 Å². The first-order valence-electron chi connectivity index (χ1n) is 10.9. The summed E-state index contributed by atoms with van der Waals surface area (Å²) in [7, 11) is 5.09. The molecular weight excluding hydrogens is 444 g/mol. The molecule has 9 nitrogen and oxygen atoms in total. The van der Waals surface area contributed by atoms with Crippen molar-refractivity contribution >= 4 is 21.6 Å². The number of aromatic nitrogens is 2. The maximum Gasteiger partial charge on any atom is 0.260 e. The Hall–Kier alpha value is -2.50. The first kappa shape index (κ1) is 23.7. The molecule has 1 saturated heterocycles. The van der Waals surface area contributed by atoms with Gasteiger partial charge in [0.2, 0.25) is 0 Å². The number of nitrogens with one attached hydrogen (secondary N) is 1. The van der Waals surface area contributed by atoms with E-state index >= 15 is 0 Å². The van der Waals surface area contributed by atoms with Gasteiger partial charge in [-0.3, -0.25) is 14.6 Å². The molecular formula is C23H30N4O5S. The summed E-state index contributed by atoms with van der Waals surface area (Å²) in [5.74, 6) is 1.82. The fraction of sp³-hybridized carbons (Fsp3) is 0.478. The molecule has 4 rings (SSSR count).